The number of nitrogen functional groups attached to an aromatic ring is 1. The van der Waals surface area contributed by atoms with E-state index in [4.69, 9.17) is 15.2 Å². The lowest BCUT2D eigenvalue weighted by molar-refractivity contribution is -0.146. The minimum atomic E-state index is -0.108. The van der Waals surface area contributed by atoms with Gasteiger partial charge in [0.25, 0.3) is 0 Å². The van der Waals surface area contributed by atoms with E-state index in [0.717, 1.165) is 51.7 Å². The van der Waals surface area contributed by atoms with E-state index >= 15 is 0 Å². The summed E-state index contributed by atoms with van der Waals surface area (Å²) in [6.07, 6.45) is 6.97. The average molecular weight is 349 g/mol. The molecule has 1 saturated heterocycles. The Morgan fingerprint density at radius 3 is 2.52 bits per heavy atom. The van der Waals surface area contributed by atoms with Crippen molar-refractivity contribution in [2.24, 2.45) is 5.92 Å². The smallest absolute Gasteiger partial charge is 0.308 e. The number of carbonyl (C=O) groups is 1. The molecule has 2 heterocycles. The van der Waals surface area contributed by atoms with Crippen molar-refractivity contribution in [2.45, 2.75) is 50.6 Å². The molecule has 2 aliphatic rings. The summed E-state index contributed by atoms with van der Waals surface area (Å²) in [7, 11) is 1.45. The van der Waals surface area contributed by atoms with Crippen LogP contribution in [0.4, 0.5) is 17.5 Å². The summed E-state index contributed by atoms with van der Waals surface area (Å²) in [5.74, 6) is 1.15. The molecule has 25 heavy (non-hydrogen) atoms. The fourth-order valence-electron chi connectivity index (χ4n) is 3.43. The molecule has 0 amide bonds. The van der Waals surface area contributed by atoms with Gasteiger partial charge in [-0.25, -0.2) is 4.98 Å². The van der Waals surface area contributed by atoms with Crippen LogP contribution in [0.3, 0.4) is 0 Å². The number of esters is 1. The van der Waals surface area contributed by atoms with Crippen molar-refractivity contribution in [3.8, 4) is 0 Å². The maximum atomic E-state index is 11.6. The van der Waals surface area contributed by atoms with Gasteiger partial charge in [0, 0.05) is 25.3 Å². The molecule has 1 saturated carbocycles. The van der Waals surface area contributed by atoms with Gasteiger partial charge in [0.2, 0.25) is 5.95 Å². The molecule has 1 aliphatic heterocycles. The molecule has 1 aliphatic carbocycles. The number of ether oxygens (including phenoxy) is 2. The number of aromatic nitrogens is 2. The highest BCUT2D eigenvalue weighted by molar-refractivity contribution is 5.72. The molecule has 0 aromatic carbocycles. The Kier molecular flexibility index (Phi) is 5.91. The zero-order chi connectivity index (χ0) is 17.6. The maximum Gasteiger partial charge on any atom is 0.308 e. The van der Waals surface area contributed by atoms with E-state index in [1.165, 1.54) is 7.11 Å². The minimum absolute atomic E-state index is 0.0107. The molecule has 0 unspecified atom stereocenters. The van der Waals surface area contributed by atoms with Crippen molar-refractivity contribution in [1.82, 2.24) is 9.97 Å². The predicted octanol–water partition coefficient (Wildman–Crippen LogP) is 1.79. The highest BCUT2D eigenvalue weighted by atomic mass is 16.5. The number of carbonyl (C=O) groups excluding carboxylic acids is 1. The third kappa shape index (κ3) is 4.72. The molecule has 138 valence electrons. The summed E-state index contributed by atoms with van der Waals surface area (Å²) in [6, 6.07) is 0.592. The Morgan fingerprint density at radius 2 is 1.84 bits per heavy atom. The molecule has 0 atom stereocenters. The first-order valence-electron chi connectivity index (χ1n) is 8.97. The van der Waals surface area contributed by atoms with Gasteiger partial charge < -0.3 is 25.8 Å². The Bertz CT molecular complexity index is 584. The molecule has 2 fully saturated rings. The second-order valence-corrected chi connectivity index (χ2v) is 6.74. The quantitative estimate of drug-likeness (QED) is 0.690. The van der Waals surface area contributed by atoms with Crippen molar-refractivity contribution >= 4 is 23.4 Å². The predicted molar refractivity (Wildman–Crippen MR) is 95.3 cm³/mol. The fourth-order valence-corrected chi connectivity index (χ4v) is 3.43. The third-order valence-corrected chi connectivity index (χ3v) is 4.97. The summed E-state index contributed by atoms with van der Waals surface area (Å²) in [4.78, 5) is 20.4. The van der Waals surface area contributed by atoms with Crippen LogP contribution in [0, 0.1) is 5.92 Å². The molecule has 8 nitrogen and oxygen atoms in total. The van der Waals surface area contributed by atoms with Gasteiger partial charge in [0.1, 0.15) is 0 Å². The molecule has 0 bridgehead atoms. The van der Waals surface area contributed by atoms with Crippen molar-refractivity contribution in [2.75, 3.05) is 36.7 Å². The summed E-state index contributed by atoms with van der Waals surface area (Å²) in [5.41, 5.74) is 6.56. The van der Waals surface area contributed by atoms with E-state index in [1.54, 1.807) is 6.20 Å². The van der Waals surface area contributed by atoms with Gasteiger partial charge in [-0.3, -0.25) is 4.79 Å². The zero-order valence-corrected chi connectivity index (χ0v) is 14.7. The summed E-state index contributed by atoms with van der Waals surface area (Å²) in [5, 5.41) is 6.77. The molecule has 8 heteroatoms. The molecule has 3 rings (SSSR count). The first-order chi connectivity index (χ1) is 12.2. The van der Waals surface area contributed by atoms with Gasteiger partial charge in [-0.15, -0.1) is 0 Å². The highest BCUT2D eigenvalue weighted by Gasteiger charge is 2.27. The van der Waals surface area contributed by atoms with E-state index in [2.05, 4.69) is 20.6 Å². The number of nitrogens with one attached hydrogen (secondary N) is 2. The molecule has 1 aromatic rings. The van der Waals surface area contributed by atoms with Crippen LogP contribution in [0.5, 0.6) is 0 Å². The molecule has 0 radical (unpaired) electrons. The third-order valence-electron chi connectivity index (χ3n) is 4.97. The van der Waals surface area contributed by atoms with Crippen LogP contribution in [0.1, 0.15) is 38.5 Å². The van der Waals surface area contributed by atoms with E-state index < -0.39 is 0 Å². The van der Waals surface area contributed by atoms with E-state index in [9.17, 15) is 4.79 Å². The standard InChI is InChI=1S/C17H27N5O3/c1-24-16(23)11-2-4-12(5-3-11)20-15-14(18)10-19-17(22-15)21-13-6-8-25-9-7-13/h10-13H,2-9,18H2,1H3,(H2,19,20,21,22). The van der Waals surface area contributed by atoms with Gasteiger partial charge in [0.05, 0.1) is 24.9 Å². The number of nitrogens with zero attached hydrogens (tertiary/aromatic N) is 2. The number of methoxy groups -OCH3 is 1. The largest absolute Gasteiger partial charge is 0.469 e. The minimum Gasteiger partial charge on any atom is -0.469 e. The van der Waals surface area contributed by atoms with Gasteiger partial charge >= 0.3 is 5.97 Å². The Labute approximate surface area is 147 Å². The number of hydrogen-bond donors (Lipinski definition) is 3. The van der Waals surface area contributed by atoms with Gasteiger partial charge in [-0.2, -0.15) is 4.98 Å². The number of nitrogens with two attached hydrogens (primary N) is 1. The molecular weight excluding hydrogens is 322 g/mol. The summed E-state index contributed by atoms with van der Waals surface area (Å²) in [6.45, 7) is 1.53. The zero-order valence-electron chi connectivity index (χ0n) is 14.7. The van der Waals surface area contributed by atoms with Crippen LogP contribution >= 0.6 is 0 Å². The average Bonchev–Trinajstić information content (AvgIpc) is 2.65. The molecule has 0 spiro atoms. The van der Waals surface area contributed by atoms with E-state index in [-0.39, 0.29) is 17.9 Å². The van der Waals surface area contributed by atoms with Crippen LogP contribution < -0.4 is 16.4 Å². The maximum absolute atomic E-state index is 11.6. The SMILES string of the molecule is COC(=O)C1CCC(Nc2nc(NC3CCOCC3)ncc2N)CC1. The Hall–Kier alpha value is -2.09. The molecule has 1 aromatic heterocycles. The van der Waals surface area contributed by atoms with Crippen molar-refractivity contribution < 1.29 is 14.3 Å². The second-order valence-electron chi connectivity index (χ2n) is 6.74. The number of rotatable bonds is 5. The van der Waals surface area contributed by atoms with Gasteiger partial charge in [-0.1, -0.05) is 0 Å². The summed E-state index contributed by atoms with van der Waals surface area (Å²) < 4.78 is 10.2. The molecular formula is C17H27N5O3. The first kappa shape index (κ1) is 17.7. The topological polar surface area (TPSA) is 111 Å². The van der Waals surface area contributed by atoms with Crippen molar-refractivity contribution in [3.05, 3.63) is 6.20 Å². The lowest BCUT2D eigenvalue weighted by Crippen LogP contribution is -2.31. The first-order valence-corrected chi connectivity index (χ1v) is 8.97. The lowest BCUT2D eigenvalue weighted by atomic mass is 9.86. The van der Waals surface area contributed by atoms with Gasteiger partial charge in [-0.05, 0) is 38.5 Å². The van der Waals surface area contributed by atoms with Crippen molar-refractivity contribution in [3.63, 3.8) is 0 Å². The molecule has 4 N–H and O–H groups in total. The Morgan fingerprint density at radius 1 is 1.16 bits per heavy atom. The monoisotopic (exact) mass is 349 g/mol. The van der Waals surface area contributed by atoms with Gasteiger partial charge in [0.15, 0.2) is 5.82 Å². The number of hydrogen-bond acceptors (Lipinski definition) is 8. The highest BCUT2D eigenvalue weighted by Crippen LogP contribution is 2.28. The number of anilines is 3. The van der Waals surface area contributed by atoms with Crippen LogP contribution in [-0.4, -0.2) is 48.3 Å². The van der Waals surface area contributed by atoms with Crippen LogP contribution in [0.2, 0.25) is 0 Å². The normalized spacial score (nSPS) is 24.5. The van der Waals surface area contributed by atoms with Crippen molar-refractivity contribution in [1.29, 1.82) is 0 Å². The van der Waals surface area contributed by atoms with E-state index in [1.807, 2.05) is 0 Å². The fraction of sp³-hybridized carbons (Fsp3) is 0.706. The second kappa shape index (κ2) is 8.33. The van der Waals surface area contributed by atoms with E-state index in [0.29, 0.717) is 23.5 Å². The lowest BCUT2D eigenvalue weighted by Gasteiger charge is -2.28. The summed E-state index contributed by atoms with van der Waals surface area (Å²) >= 11 is 0. The van der Waals surface area contributed by atoms with Crippen LogP contribution in [-0.2, 0) is 14.3 Å². The Balaban J connectivity index is 1.57. The van der Waals surface area contributed by atoms with Crippen LogP contribution in [0.25, 0.3) is 0 Å². The van der Waals surface area contributed by atoms with Crippen LogP contribution in [0.15, 0.2) is 6.20 Å².